The Balaban J connectivity index is 1.52. The first-order valence-electron chi connectivity index (χ1n) is 6.82. The summed E-state index contributed by atoms with van der Waals surface area (Å²) in [5, 5.41) is 6.52. The molecule has 108 valence electrons. The van der Waals surface area contributed by atoms with Crippen LogP contribution in [0, 0.1) is 11.3 Å². The molecular formula is C14H18N2O3S. The number of thiophene rings is 1. The molecule has 2 heterocycles. The molecular weight excluding hydrogens is 276 g/mol. The van der Waals surface area contributed by atoms with Gasteiger partial charge >= 0.3 is 0 Å². The number of ether oxygens (including phenoxy) is 1. The molecule has 0 spiro atoms. The summed E-state index contributed by atoms with van der Waals surface area (Å²) in [4.78, 5) is 24.3. The lowest BCUT2D eigenvalue weighted by atomic mass is 9.89. The van der Waals surface area contributed by atoms with E-state index in [9.17, 15) is 9.59 Å². The number of rotatable bonds is 5. The molecule has 0 aromatic carbocycles. The Bertz CT molecular complexity index is 532. The zero-order valence-electron chi connectivity index (χ0n) is 11.4. The summed E-state index contributed by atoms with van der Waals surface area (Å²) in [6.07, 6.45) is 1.95. The predicted octanol–water partition coefficient (Wildman–Crippen LogP) is 1.86. The van der Waals surface area contributed by atoms with E-state index in [-0.39, 0.29) is 23.1 Å². The van der Waals surface area contributed by atoms with E-state index < -0.39 is 0 Å². The second kappa shape index (κ2) is 5.18. The van der Waals surface area contributed by atoms with E-state index in [0.29, 0.717) is 24.6 Å². The normalized spacial score (nSPS) is 20.1. The molecule has 0 radical (unpaired) electrons. The molecule has 20 heavy (non-hydrogen) atoms. The third kappa shape index (κ3) is 3.02. The number of nitrogens with one attached hydrogen (secondary N) is 2. The van der Waals surface area contributed by atoms with Crippen molar-refractivity contribution in [3.8, 4) is 0 Å². The molecule has 1 aliphatic heterocycles. The van der Waals surface area contributed by atoms with Gasteiger partial charge in [0.05, 0.1) is 23.1 Å². The van der Waals surface area contributed by atoms with E-state index in [1.54, 1.807) is 12.1 Å². The van der Waals surface area contributed by atoms with Gasteiger partial charge in [0, 0.05) is 17.9 Å². The zero-order valence-corrected chi connectivity index (χ0v) is 12.2. The first kappa shape index (κ1) is 13.6. The van der Waals surface area contributed by atoms with Gasteiger partial charge in [-0.2, -0.15) is 0 Å². The summed E-state index contributed by atoms with van der Waals surface area (Å²) in [5.74, 6) is 0.154. The maximum absolute atomic E-state index is 12.0. The Labute approximate surface area is 121 Å². The quantitative estimate of drug-likeness (QED) is 0.871. The number of amides is 2. The molecule has 1 aromatic heterocycles. The first-order chi connectivity index (χ1) is 9.56. The van der Waals surface area contributed by atoms with Gasteiger partial charge in [-0.3, -0.25) is 9.59 Å². The molecule has 2 fully saturated rings. The van der Waals surface area contributed by atoms with Gasteiger partial charge < -0.3 is 15.4 Å². The van der Waals surface area contributed by atoms with Crippen LogP contribution in [-0.4, -0.2) is 31.6 Å². The molecule has 1 aliphatic carbocycles. The average molecular weight is 294 g/mol. The minimum atomic E-state index is -0.0879. The van der Waals surface area contributed by atoms with Gasteiger partial charge in [-0.1, -0.05) is 6.92 Å². The summed E-state index contributed by atoms with van der Waals surface area (Å²) in [6, 6.07) is 3.54. The van der Waals surface area contributed by atoms with Crippen molar-refractivity contribution in [3.05, 3.63) is 17.0 Å². The minimum absolute atomic E-state index is 0.0654. The fourth-order valence-corrected chi connectivity index (χ4v) is 2.86. The van der Waals surface area contributed by atoms with E-state index in [4.69, 9.17) is 4.74 Å². The van der Waals surface area contributed by atoms with Crippen LogP contribution in [-0.2, 0) is 9.53 Å². The Hall–Kier alpha value is -1.40. The van der Waals surface area contributed by atoms with Crippen molar-refractivity contribution >= 4 is 28.2 Å². The van der Waals surface area contributed by atoms with Crippen LogP contribution in [0.2, 0.25) is 0 Å². The first-order valence-corrected chi connectivity index (χ1v) is 7.64. The van der Waals surface area contributed by atoms with E-state index in [2.05, 4.69) is 17.6 Å². The monoisotopic (exact) mass is 294 g/mol. The lowest BCUT2D eigenvalue weighted by Crippen LogP contribution is -2.48. The molecule has 1 saturated carbocycles. The van der Waals surface area contributed by atoms with Crippen molar-refractivity contribution < 1.29 is 14.3 Å². The Morgan fingerprint density at radius 3 is 2.75 bits per heavy atom. The third-order valence-corrected chi connectivity index (χ3v) is 4.60. The topological polar surface area (TPSA) is 67.4 Å². The number of carbonyl (C=O) groups is 2. The molecule has 0 unspecified atom stereocenters. The Morgan fingerprint density at radius 1 is 1.40 bits per heavy atom. The Morgan fingerprint density at radius 2 is 2.15 bits per heavy atom. The standard InChI is InChI=1S/C14H18N2O3S/c1-14(7-19-8-14)6-15-13(18)10-4-5-11(20-10)16-12(17)9-2-3-9/h4-5,9H,2-3,6-8H2,1H3,(H,15,18)(H,16,17). The molecule has 2 aliphatic rings. The van der Waals surface area contributed by atoms with Crippen molar-refractivity contribution in [2.45, 2.75) is 19.8 Å². The summed E-state index contributed by atoms with van der Waals surface area (Å²) in [6.45, 7) is 4.10. The van der Waals surface area contributed by atoms with Crippen molar-refractivity contribution in [1.82, 2.24) is 5.32 Å². The van der Waals surface area contributed by atoms with Gasteiger partial charge in [0.15, 0.2) is 0 Å². The van der Waals surface area contributed by atoms with E-state index >= 15 is 0 Å². The van der Waals surface area contributed by atoms with E-state index in [1.807, 2.05) is 0 Å². The molecule has 1 saturated heterocycles. The number of anilines is 1. The van der Waals surface area contributed by atoms with Crippen molar-refractivity contribution in [2.24, 2.45) is 11.3 Å². The van der Waals surface area contributed by atoms with Gasteiger partial charge in [0.25, 0.3) is 5.91 Å². The highest BCUT2D eigenvalue weighted by atomic mass is 32.1. The highest BCUT2D eigenvalue weighted by molar-refractivity contribution is 7.18. The van der Waals surface area contributed by atoms with Crippen LogP contribution in [0.25, 0.3) is 0 Å². The second-order valence-corrected chi connectivity index (χ2v) is 7.00. The fraction of sp³-hybridized carbons (Fsp3) is 0.571. The van der Waals surface area contributed by atoms with Crippen molar-refractivity contribution in [1.29, 1.82) is 0 Å². The van der Waals surface area contributed by atoms with Crippen LogP contribution >= 0.6 is 11.3 Å². The van der Waals surface area contributed by atoms with Crippen molar-refractivity contribution in [3.63, 3.8) is 0 Å². The lowest BCUT2D eigenvalue weighted by molar-refractivity contribution is -0.117. The molecule has 0 atom stereocenters. The zero-order chi connectivity index (χ0) is 14.2. The fourth-order valence-electron chi connectivity index (χ4n) is 2.03. The van der Waals surface area contributed by atoms with Crippen LogP contribution in [0.3, 0.4) is 0 Å². The van der Waals surface area contributed by atoms with Gasteiger partial charge in [0.2, 0.25) is 5.91 Å². The summed E-state index contributed by atoms with van der Waals surface area (Å²) in [5.41, 5.74) is 0.0654. The van der Waals surface area contributed by atoms with Crippen LogP contribution in [0.1, 0.15) is 29.4 Å². The van der Waals surface area contributed by atoms with Gasteiger partial charge in [-0.05, 0) is 25.0 Å². The van der Waals surface area contributed by atoms with Crippen LogP contribution < -0.4 is 10.6 Å². The van der Waals surface area contributed by atoms with Crippen LogP contribution in [0.15, 0.2) is 12.1 Å². The lowest BCUT2D eigenvalue weighted by Gasteiger charge is -2.37. The average Bonchev–Trinajstić information content (AvgIpc) is 3.15. The van der Waals surface area contributed by atoms with E-state index in [1.165, 1.54) is 11.3 Å². The van der Waals surface area contributed by atoms with E-state index in [0.717, 1.165) is 17.8 Å². The minimum Gasteiger partial charge on any atom is -0.380 e. The molecule has 2 N–H and O–H groups in total. The summed E-state index contributed by atoms with van der Waals surface area (Å²) in [7, 11) is 0. The summed E-state index contributed by atoms with van der Waals surface area (Å²) < 4.78 is 5.16. The molecule has 5 nitrogen and oxygen atoms in total. The Kier molecular flexibility index (Phi) is 3.52. The third-order valence-electron chi connectivity index (χ3n) is 3.60. The predicted molar refractivity (Wildman–Crippen MR) is 76.9 cm³/mol. The second-order valence-electron chi connectivity index (χ2n) is 5.91. The maximum Gasteiger partial charge on any atom is 0.261 e. The van der Waals surface area contributed by atoms with Gasteiger partial charge in [-0.25, -0.2) is 0 Å². The molecule has 6 heteroatoms. The highest BCUT2D eigenvalue weighted by Gasteiger charge is 2.34. The number of carbonyl (C=O) groups excluding carboxylic acids is 2. The summed E-state index contributed by atoms with van der Waals surface area (Å²) >= 11 is 1.32. The molecule has 1 aromatic rings. The molecule has 3 rings (SSSR count). The SMILES string of the molecule is CC1(CNC(=O)c2ccc(NC(=O)C3CC3)s2)COC1. The van der Waals surface area contributed by atoms with Gasteiger partial charge in [0.1, 0.15) is 0 Å². The van der Waals surface area contributed by atoms with Crippen molar-refractivity contribution in [2.75, 3.05) is 25.1 Å². The largest absolute Gasteiger partial charge is 0.380 e. The molecule has 0 bridgehead atoms. The highest BCUT2D eigenvalue weighted by Crippen LogP contribution is 2.31. The number of hydrogen-bond acceptors (Lipinski definition) is 4. The van der Waals surface area contributed by atoms with Gasteiger partial charge in [-0.15, -0.1) is 11.3 Å². The van der Waals surface area contributed by atoms with Crippen LogP contribution in [0.5, 0.6) is 0 Å². The smallest absolute Gasteiger partial charge is 0.261 e. The molecule has 2 amide bonds. The van der Waals surface area contributed by atoms with Crippen LogP contribution in [0.4, 0.5) is 5.00 Å². The number of hydrogen-bond donors (Lipinski definition) is 2. The maximum atomic E-state index is 12.0.